The van der Waals surface area contributed by atoms with Crippen molar-refractivity contribution in [2.45, 2.75) is 32.3 Å². The molecule has 0 radical (unpaired) electrons. The molecule has 1 aliphatic rings. The maximum Gasteiger partial charge on any atom is 0.256 e. The number of amides is 1. The molecule has 1 fully saturated rings. The molecule has 1 aliphatic heterocycles. The van der Waals surface area contributed by atoms with E-state index < -0.39 is 0 Å². The minimum Gasteiger partial charge on any atom is -0.376 e. The second-order valence-electron chi connectivity index (χ2n) is 6.12. The van der Waals surface area contributed by atoms with Gasteiger partial charge in [0.15, 0.2) is 5.65 Å². The van der Waals surface area contributed by atoms with Crippen LogP contribution in [0.15, 0.2) is 24.7 Å². The standard InChI is InChI=1S/C15H20N4O2/c1-15(2)8-11(4-7-21-15)9-17-14(20)12-10-18-19-6-3-5-16-13(12)19/h3,5-6,10-11H,4,7-9H2,1-2H3,(H,17,20). The van der Waals surface area contributed by atoms with E-state index in [1.807, 2.05) is 0 Å². The Kier molecular flexibility index (Phi) is 3.63. The molecule has 6 nitrogen and oxygen atoms in total. The number of rotatable bonds is 3. The lowest BCUT2D eigenvalue weighted by molar-refractivity contribution is -0.0715. The van der Waals surface area contributed by atoms with Gasteiger partial charge in [-0.25, -0.2) is 9.50 Å². The van der Waals surface area contributed by atoms with Gasteiger partial charge in [0, 0.05) is 25.5 Å². The first-order valence-electron chi connectivity index (χ1n) is 7.26. The molecule has 21 heavy (non-hydrogen) atoms. The van der Waals surface area contributed by atoms with Crippen LogP contribution in [0.2, 0.25) is 0 Å². The van der Waals surface area contributed by atoms with E-state index in [1.165, 1.54) is 0 Å². The first-order chi connectivity index (χ1) is 10.1. The Morgan fingerprint density at radius 2 is 2.43 bits per heavy atom. The molecule has 3 rings (SSSR count). The summed E-state index contributed by atoms with van der Waals surface area (Å²) in [5.41, 5.74) is 1.00. The minimum absolute atomic E-state index is 0.0976. The summed E-state index contributed by atoms with van der Waals surface area (Å²) in [6, 6.07) is 1.78. The molecule has 3 heterocycles. The van der Waals surface area contributed by atoms with Gasteiger partial charge in [0.05, 0.1) is 11.8 Å². The van der Waals surface area contributed by atoms with Crippen molar-refractivity contribution in [1.29, 1.82) is 0 Å². The first kappa shape index (κ1) is 14.0. The molecule has 2 aromatic rings. The van der Waals surface area contributed by atoms with Crippen molar-refractivity contribution in [1.82, 2.24) is 19.9 Å². The summed E-state index contributed by atoms with van der Waals surface area (Å²) in [6.07, 6.45) is 6.94. The Morgan fingerprint density at radius 1 is 1.57 bits per heavy atom. The normalized spacial score (nSPS) is 21.3. The average Bonchev–Trinajstić information content (AvgIpc) is 2.88. The summed E-state index contributed by atoms with van der Waals surface area (Å²) in [5, 5.41) is 7.13. The van der Waals surface area contributed by atoms with Crippen molar-refractivity contribution in [3.8, 4) is 0 Å². The molecule has 2 aromatic heterocycles. The van der Waals surface area contributed by atoms with Crippen LogP contribution >= 0.6 is 0 Å². The van der Waals surface area contributed by atoms with Crippen LogP contribution in [0.5, 0.6) is 0 Å². The van der Waals surface area contributed by atoms with E-state index in [9.17, 15) is 4.79 Å². The number of hydrogen-bond donors (Lipinski definition) is 1. The zero-order chi connectivity index (χ0) is 14.9. The molecular weight excluding hydrogens is 268 g/mol. The van der Waals surface area contributed by atoms with E-state index in [4.69, 9.17) is 4.74 Å². The van der Waals surface area contributed by atoms with E-state index >= 15 is 0 Å². The molecule has 1 amide bonds. The van der Waals surface area contributed by atoms with Gasteiger partial charge in [-0.1, -0.05) is 0 Å². The third-order valence-electron chi connectivity index (χ3n) is 3.87. The number of fused-ring (bicyclic) bond motifs is 1. The average molecular weight is 288 g/mol. The Hall–Kier alpha value is -1.95. The van der Waals surface area contributed by atoms with E-state index in [-0.39, 0.29) is 11.5 Å². The van der Waals surface area contributed by atoms with Crippen LogP contribution in [-0.2, 0) is 4.74 Å². The van der Waals surface area contributed by atoms with Crippen LogP contribution in [0.1, 0.15) is 37.0 Å². The third-order valence-corrected chi connectivity index (χ3v) is 3.87. The maximum atomic E-state index is 12.3. The minimum atomic E-state index is -0.118. The number of aromatic nitrogens is 3. The van der Waals surface area contributed by atoms with Crippen LogP contribution in [-0.4, -0.2) is 39.3 Å². The molecule has 1 saturated heterocycles. The number of hydrogen-bond acceptors (Lipinski definition) is 4. The smallest absolute Gasteiger partial charge is 0.256 e. The molecule has 1 N–H and O–H groups in total. The highest BCUT2D eigenvalue weighted by Crippen LogP contribution is 2.28. The quantitative estimate of drug-likeness (QED) is 0.932. The molecule has 1 unspecified atom stereocenters. The SMILES string of the molecule is CC1(C)CC(CNC(=O)c2cnn3cccnc23)CCO1. The number of carbonyl (C=O) groups is 1. The molecule has 0 bridgehead atoms. The van der Waals surface area contributed by atoms with Gasteiger partial charge in [-0.15, -0.1) is 0 Å². The zero-order valence-electron chi connectivity index (χ0n) is 12.4. The van der Waals surface area contributed by atoms with Gasteiger partial charge in [0.25, 0.3) is 5.91 Å². The third kappa shape index (κ3) is 3.05. The van der Waals surface area contributed by atoms with Gasteiger partial charge in [-0.2, -0.15) is 5.10 Å². The molecule has 112 valence electrons. The number of ether oxygens (including phenoxy) is 1. The molecule has 1 atom stereocenters. The van der Waals surface area contributed by atoms with E-state index in [2.05, 4.69) is 29.2 Å². The Balaban J connectivity index is 1.64. The summed E-state index contributed by atoms with van der Waals surface area (Å²) in [4.78, 5) is 16.5. The second kappa shape index (κ2) is 5.44. The summed E-state index contributed by atoms with van der Waals surface area (Å²) in [7, 11) is 0. The van der Waals surface area contributed by atoms with Crippen molar-refractivity contribution >= 4 is 11.6 Å². The predicted octanol–water partition coefficient (Wildman–Crippen LogP) is 1.66. The second-order valence-corrected chi connectivity index (χ2v) is 6.12. The highest BCUT2D eigenvalue weighted by atomic mass is 16.5. The molecule has 0 aromatic carbocycles. The van der Waals surface area contributed by atoms with Crippen molar-refractivity contribution in [2.75, 3.05) is 13.2 Å². The van der Waals surface area contributed by atoms with Gasteiger partial charge in [0.2, 0.25) is 0 Å². The lowest BCUT2D eigenvalue weighted by atomic mass is 9.88. The number of nitrogens with zero attached hydrogens (tertiary/aromatic N) is 3. The van der Waals surface area contributed by atoms with Crippen LogP contribution in [0.3, 0.4) is 0 Å². The van der Waals surface area contributed by atoms with Crippen molar-refractivity contribution < 1.29 is 9.53 Å². The number of carbonyl (C=O) groups excluding carboxylic acids is 1. The highest BCUT2D eigenvalue weighted by molar-refractivity contribution is 5.99. The fraction of sp³-hybridized carbons (Fsp3) is 0.533. The molecule has 0 spiro atoms. The van der Waals surface area contributed by atoms with Gasteiger partial charge >= 0.3 is 0 Å². The summed E-state index contributed by atoms with van der Waals surface area (Å²) >= 11 is 0. The fourth-order valence-electron chi connectivity index (χ4n) is 2.85. The van der Waals surface area contributed by atoms with Crippen LogP contribution in [0.4, 0.5) is 0 Å². The fourth-order valence-corrected chi connectivity index (χ4v) is 2.85. The Morgan fingerprint density at radius 3 is 3.24 bits per heavy atom. The molecule has 0 aliphatic carbocycles. The van der Waals surface area contributed by atoms with Crippen molar-refractivity contribution in [3.63, 3.8) is 0 Å². The molecule has 6 heteroatoms. The first-order valence-corrected chi connectivity index (χ1v) is 7.26. The molecule has 0 saturated carbocycles. The largest absolute Gasteiger partial charge is 0.376 e. The lowest BCUT2D eigenvalue weighted by Crippen LogP contribution is -2.39. The van der Waals surface area contributed by atoms with Crippen LogP contribution in [0.25, 0.3) is 5.65 Å². The van der Waals surface area contributed by atoms with E-state index in [0.29, 0.717) is 23.7 Å². The lowest BCUT2D eigenvalue weighted by Gasteiger charge is -2.35. The summed E-state index contributed by atoms with van der Waals surface area (Å²) in [5.74, 6) is 0.334. The van der Waals surface area contributed by atoms with Gasteiger partial charge in [-0.05, 0) is 38.7 Å². The number of nitrogens with one attached hydrogen (secondary N) is 1. The molecular formula is C15H20N4O2. The highest BCUT2D eigenvalue weighted by Gasteiger charge is 2.29. The van der Waals surface area contributed by atoms with E-state index in [0.717, 1.165) is 19.4 Å². The predicted molar refractivity (Wildman–Crippen MR) is 78.1 cm³/mol. The van der Waals surface area contributed by atoms with Crippen molar-refractivity contribution in [3.05, 3.63) is 30.2 Å². The van der Waals surface area contributed by atoms with Crippen molar-refractivity contribution in [2.24, 2.45) is 5.92 Å². The zero-order valence-corrected chi connectivity index (χ0v) is 12.4. The summed E-state index contributed by atoms with van der Waals surface area (Å²) < 4.78 is 7.30. The Labute approximate surface area is 123 Å². The van der Waals surface area contributed by atoms with Gasteiger partial charge < -0.3 is 10.1 Å². The monoisotopic (exact) mass is 288 g/mol. The van der Waals surface area contributed by atoms with Gasteiger partial charge in [0.1, 0.15) is 5.56 Å². The van der Waals surface area contributed by atoms with Gasteiger partial charge in [-0.3, -0.25) is 4.79 Å². The van der Waals surface area contributed by atoms with Crippen LogP contribution in [0, 0.1) is 5.92 Å². The maximum absolute atomic E-state index is 12.3. The topological polar surface area (TPSA) is 68.5 Å². The van der Waals surface area contributed by atoms with Crippen LogP contribution < -0.4 is 5.32 Å². The summed E-state index contributed by atoms with van der Waals surface area (Å²) in [6.45, 7) is 5.61. The van der Waals surface area contributed by atoms with E-state index in [1.54, 1.807) is 29.2 Å². The Bertz CT molecular complexity index is 650.